The molecule has 0 aliphatic carbocycles. The Balaban J connectivity index is 2.73. The molecule has 1 aromatic carbocycles. The predicted octanol–water partition coefficient (Wildman–Crippen LogP) is 2.76. The maximum Gasteiger partial charge on any atom is 0.427 e. The van der Waals surface area contributed by atoms with Crippen LogP contribution in [0.4, 0.5) is 13.6 Å². The van der Waals surface area contributed by atoms with Gasteiger partial charge in [0.1, 0.15) is 5.75 Å². The molecule has 1 rings (SSSR count). The monoisotopic (exact) mass is 272 g/mol. The van der Waals surface area contributed by atoms with Gasteiger partial charge in [-0.05, 0) is 26.0 Å². The molecular formula is C12H14F2N2O3. The number of nitrogens with zero attached hydrogens (tertiary/aromatic N) is 1. The lowest BCUT2D eigenvalue weighted by molar-refractivity contribution is -0.0498. The van der Waals surface area contributed by atoms with Crippen LogP contribution in [0.1, 0.15) is 19.4 Å². The van der Waals surface area contributed by atoms with E-state index in [1.54, 1.807) is 26.0 Å². The summed E-state index contributed by atoms with van der Waals surface area (Å²) in [6.07, 6.45) is -0.679. The Morgan fingerprint density at radius 1 is 1.47 bits per heavy atom. The van der Waals surface area contributed by atoms with E-state index in [2.05, 4.69) is 20.0 Å². The maximum absolute atomic E-state index is 12.1. The summed E-state index contributed by atoms with van der Waals surface area (Å²) in [5.41, 5.74) is 3.17. The fourth-order valence-electron chi connectivity index (χ4n) is 1.25. The zero-order valence-corrected chi connectivity index (χ0v) is 10.5. The quantitative estimate of drug-likeness (QED) is 0.662. The number of alkyl halides is 2. The van der Waals surface area contributed by atoms with E-state index in [0.717, 1.165) is 0 Å². The molecule has 1 N–H and O–H groups in total. The number of hydrogen-bond acceptors (Lipinski definition) is 4. The summed E-state index contributed by atoms with van der Waals surface area (Å²) < 4.78 is 33.0. The third-order valence-corrected chi connectivity index (χ3v) is 2.07. The normalized spacial score (nSPS) is 11.3. The zero-order valence-electron chi connectivity index (χ0n) is 10.5. The summed E-state index contributed by atoms with van der Waals surface area (Å²) >= 11 is 0. The van der Waals surface area contributed by atoms with Crippen molar-refractivity contribution in [2.45, 2.75) is 20.5 Å². The number of carbonyl (C=O) groups is 1. The Morgan fingerprint density at radius 2 is 2.21 bits per heavy atom. The number of ether oxygens (including phenoxy) is 2. The van der Waals surface area contributed by atoms with Crippen LogP contribution in [0.3, 0.4) is 0 Å². The van der Waals surface area contributed by atoms with E-state index in [-0.39, 0.29) is 12.4 Å². The van der Waals surface area contributed by atoms with E-state index in [0.29, 0.717) is 11.3 Å². The molecule has 0 heterocycles. The SMILES string of the molecule is CCOC(=O)N/N=C(/C)c1cccc(OC(F)F)c1. The number of halogens is 2. The summed E-state index contributed by atoms with van der Waals surface area (Å²) in [6.45, 7) is 0.637. The summed E-state index contributed by atoms with van der Waals surface area (Å²) in [5.74, 6) is 0.0261. The summed E-state index contributed by atoms with van der Waals surface area (Å²) in [6, 6.07) is 6.01. The van der Waals surface area contributed by atoms with Crippen molar-refractivity contribution in [3.63, 3.8) is 0 Å². The molecule has 0 aliphatic rings. The van der Waals surface area contributed by atoms with Gasteiger partial charge in [-0.2, -0.15) is 13.9 Å². The van der Waals surface area contributed by atoms with Crippen molar-refractivity contribution in [1.29, 1.82) is 0 Å². The minimum absolute atomic E-state index is 0.0261. The van der Waals surface area contributed by atoms with Crippen LogP contribution >= 0.6 is 0 Å². The molecule has 0 aliphatic heterocycles. The van der Waals surface area contributed by atoms with Gasteiger partial charge in [0.05, 0.1) is 12.3 Å². The first kappa shape index (κ1) is 14.9. The Kier molecular flexibility index (Phi) is 5.72. The van der Waals surface area contributed by atoms with Crippen LogP contribution in [-0.2, 0) is 4.74 Å². The highest BCUT2D eigenvalue weighted by Crippen LogP contribution is 2.16. The van der Waals surface area contributed by atoms with Crippen molar-refractivity contribution in [1.82, 2.24) is 5.43 Å². The summed E-state index contributed by atoms with van der Waals surface area (Å²) in [7, 11) is 0. The minimum Gasteiger partial charge on any atom is -0.449 e. The number of rotatable bonds is 5. The lowest BCUT2D eigenvalue weighted by atomic mass is 10.1. The van der Waals surface area contributed by atoms with Gasteiger partial charge in [-0.15, -0.1) is 0 Å². The highest BCUT2D eigenvalue weighted by atomic mass is 19.3. The minimum atomic E-state index is -2.88. The van der Waals surface area contributed by atoms with E-state index >= 15 is 0 Å². The molecule has 1 aromatic rings. The molecule has 0 saturated carbocycles. The standard InChI is InChI=1S/C12H14F2N2O3/c1-3-18-12(17)16-15-8(2)9-5-4-6-10(7-9)19-11(13)14/h4-7,11H,3H2,1-2H3,(H,16,17)/b15-8-. The first-order valence-corrected chi connectivity index (χ1v) is 5.55. The second-order valence-corrected chi connectivity index (χ2v) is 3.44. The zero-order chi connectivity index (χ0) is 14.3. The highest BCUT2D eigenvalue weighted by Gasteiger charge is 2.06. The third kappa shape index (κ3) is 5.33. The van der Waals surface area contributed by atoms with Crippen molar-refractivity contribution < 1.29 is 23.0 Å². The average Bonchev–Trinajstić information content (AvgIpc) is 2.36. The molecular weight excluding hydrogens is 258 g/mol. The smallest absolute Gasteiger partial charge is 0.427 e. The van der Waals surface area contributed by atoms with Crippen LogP contribution in [-0.4, -0.2) is 25.0 Å². The van der Waals surface area contributed by atoms with Crippen LogP contribution in [0.25, 0.3) is 0 Å². The molecule has 19 heavy (non-hydrogen) atoms. The van der Waals surface area contributed by atoms with E-state index < -0.39 is 12.7 Å². The molecule has 0 bridgehead atoms. The fraction of sp³-hybridized carbons (Fsp3) is 0.333. The van der Waals surface area contributed by atoms with Crippen LogP contribution in [0.15, 0.2) is 29.4 Å². The summed E-state index contributed by atoms with van der Waals surface area (Å²) in [5, 5.41) is 3.78. The van der Waals surface area contributed by atoms with E-state index in [1.807, 2.05) is 0 Å². The molecule has 0 atom stereocenters. The number of carbonyl (C=O) groups excluding carboxylic acids is 1. The third-order valence-electron chi connectivity index (χ3n) is 2.07. The second kappa shape index (κ2) is 7.30. The van der Waals surface area contributed by atoms with Crippen molar-refractivity contribution in [3.05, 3.63) is 29.8 Å². The van der Waals surface area contributed by atoms with Gasteiger partial charge >= 0.3 is 12.7 Å². The van der Waals surface area contributed by atoms with Crippen molar-refractivity contribution >= 4 is 11.8 Å². The van der Waals surface area contributed by atoms with Gasteiger partial charge in [-0.25, -0.2) is 10.2 Å². The van der Waals surface area contributed by atoms with Crippen LogP contribution < -0.4 is 10.2 Å². The van der Waals surface area contributed by atoms with Crippen molar-refractivity contribution in [2.75, 3.05) is 6.61 Å². The second-order valence-electron chi connectivity index (χ2n) is 3.44. The molecule has 1 amide bonds. The topological polar surface area (TPSA) is 59.9 Å². The Bertz CT molecular complexity index is 464. The number of benzene rings is 1. The number of hydrazone groups is 1. The first-order chi connectivity index (χ1) is 9.02. The Morgan fingerprint density at radius 3 is 2.84 bits per heavy atom. The molecule has 5 nitrogen and oxygen atoms in total. The summed E-state index contributed by atoms with van der Waals surface area (Å²) in [4.78, 5) is 11.0. The van der Waals surface area contributed by atoms with Gasteiger partial charge in [0.25, 0.3) is 0 Å². The predicted molar refractivity (Wildman–Crippen MR) is 65.4 cm³/mol. The molecule has 7 heteroatoms. The largest absolute Gasteiger partial charge is 0.449 e. The van der Waals surface area contributed by atoms with Crippen molar-refractivity contribution in [2.24, 2.45) is 5.10 Å². The van der Waals surface area contributed by atoms with Crippen LogP contribution in [0.2, 0.25) is 0 Å². The molecule has 0 saturated heterocycles. The number of hydrogen-bond donors (Lipinski definition) is 1. The van der Waals surface area contributed by atoms with E-state index in [4.69, 9.17) is 0 Å². The lowest BCUT2D eigenvalue weighted by Gasteiger charge is -2.07. The van der Waals surface area contributed by atoms with Crippen LogP contribution in [0.5, 0.6) is 5.75 Å². The van der Waals surface area contributed by atoms with Gasteiger partial charge in [0.15, 0.2) is 0 Å². The van der Waals surface area contributed by atoms with Gasteiger partial charge < -0.3 is 9.47 Å². The average molecular weight is 272 g/mol. The maximum atomic E-state index is 12.1. The highest BCUT2D eigenvalue weighted by molar-refractivity contribution is 5.99. The molecule has 0 fully saturated rings. The molecule has 0 aromatic heterocycles. The fourth-order valence-corrected chi connectivity index (χ4v) is 1.25. The Labute approximate surface area is 109 Å². The van der Waals surface area contributed by atoms with Gasteiger partial charge in [-0.3, -0.25) is 0 Å². The molecule has 0 spiro atoms. The van der Waals surface area contributed by atoms with E-state index in [1.165, 1.54) is 12.1 Å². The first-order valence-electron chi connectivity index (χ1n) is 5.55. The Hall–Kier alpha value is -2.18. The van der Waals surface area contributed by atoms with Gasteiger partial charge in [-0.1, -0.05) is 12.1 Å². The molecule has 0 unspecified atom stereocenters. The molecule has 0 radical (unpaired) electrons. The van der Waals surface area contributed by atoms with Crippen LogP contribution in [0, 0.1) is 0 Å². The molecule has 104 valence electrons. The van der Waals surface area contributed by atoms with Gasteiger partial charge in [0.2, 0.25) is 0 Å². The van der Waals surface area contributed by atoms with Crippen molar-refractivity contribution in [3.8, 4) is 5.75 Å². The number of nitrogens with one attached hydrogen (secondary N) is 1. The van der Waals surface area contributed by atoms with E-state index in [9.17, 15) is 13.6 Å². The van der Waals surface area contributed by atoms with Gasteiger partial charge in [0, 0.05) is 5.56 Å². The lowest BCUT2D eigenvalue weighted by Crippen LogP contribution is -2.20. The number of amides is 1.